The van der Waals surface area contributed by atoms with Crippen LogP contribution in [0.4, 0.5) is 0 Å². The van der Waals surface area contributed by atoms with Crippen molar-refractivity contribution in [2.75, 3.05) is 26.2 Å². The molecule has 0 saturated carbocycles. The third-order valence-electron chi connectivity index (χ3n) is 8.48. The van der Waals surface area contributed by atoms with Crippen LogP contribution < -0.4 is 0 Å². The van der Waals surface area contributed by atoms with Crippen LogP contribution in [-0.2, 0) is 9.59 Å². The van der Waals surface area contributed by atoms with Gasteiger partial charge in [-0.05, 0) is 71.2 Å². The number of aliphatic imine (C=N–C) groups is 2. The van der Waals surface area contributed by atoms with E-state index >= 15 is 0 Å². The number of halogens is 1. The summed E-state index contributed by atoms with van der Waals surface area (Å²) in [5.41, 5.74) is 2.88. The fraction of sp³-hybridized carbons (Fsp3) is 0.485. The number of aromatic nitrogens is 3. The smallest absolute Gasteiger partial charge is 0.228 e. The summed E-state index contributed by atoms with van der Waals surface area (Å²) in [7, 11) is 0. The van der Waals surface area contributed by atoms with Gasteiger partial charge in [0.15, 0.2) is 5.82 Å². The quantitative estimate of drug-likeness (QED) is 0.302. The molecular weight excluding hydrogens is 594 g/mol. The van der Waals surface area contributed by atoms with Gasteiger partial charge in [0, 0.05) is 52.6 Å². The average molecular weight is 634 g/mol. The number of carbonyl (C=O) groups is 2. The van der Waals surface area contributed by atoms with Crippen molar-refractivity contribution < 1.29 is 9.59 Å². The van der Waals surface area contributed by atoms with Crippen molar-refractivity contribution in [2.45, 2.75) is 72.9 Å². The molecule has 4 heterocycles. The van der Waals surface area contributed by atoms with E-state index in [4.69, 9.17) is 16.6 Å². The molecule has 44 heavy (non-hydrogen) atoms. The first-order valence-corrected chi connectivity index (χ1v) is 16.1. The number of amides is 2. The van der Waals surface area contributed by atoms with Gasteiger partial charge in [-0.1, -0.05) is 37.6 Å². The first-order valence-electron chi connectivity index (χ1n) is 14.9. The van der Waals surface area contributed by atoms with Crippen LogP contribution in [0.5, 0.6) is 0 Å². The van der Waals surface area contributed by atoms with E-state index < -0.39 is 17.0 Å². The number of carbonyl (C=O) groups excluding carboxylic acids is 2. The molecule has 5 rings (SSSR count). The van der Waals surface area contributed by atoms with Crippen molar-refractivity contribution in [1.82, 2.24) is 24.6 Å². The standard InChI is InChI=1S/C33H40ClN7O2S/c1-9-35-33(7,8)19-32(5,6)31(43)40-16-14-39(15-17-40)26(42)18-25-29-38-37-22(4)41(29)30-27(20(2)21(3)44-30)28(36-25)23-10-12-24(34)13-11-23/h10-13,25H,1,14-19H2,2-8H3. The highest BCUT2D eigenvalue weighted by molar-refractivity contribution is 7.15. The van der Waals surface area contributed by atoms with Crippen LogP contribution in [-0.4, -0.2) is 79.7 Å². The summed E-state index contributed by atoms with van der Waals surface area (Å²) in [6.45, 7) is 19.5. The maximum atomic E-state index is 13.8. The molecule has 0 radical (unpaired) electrons. The molecule has 1 unspecified atom stereocenters. The lowest BCUT2D eigenvalue weighted by atomic mass is 9.79. The van der Waals surface area contributed by atoms with Gasteiger partial charge in [0.05, 0.1) is 17.7 Å². The lowest BCUT2D eigenvalue weighted by Gasteiger charge is -2.40. The number of benzene rings is 1. The number of hydrogen-bond donors (Lipinski definition) is 0. The lowest BCUT2D eigenvalue weighted by Crippen LogP contribution is -2.54. The highest BCUT2D eigenvalue weighted by Gasteiger charge is 2.39. The molecule has 2 aliphatic rings. The molecule has 1 saturated heterocycles. The minimum atomic E-state index is -0.610. The third-order valence-corrected chi connectivity index (χ3v) is 9.92. The van der Waals surface area contributed by atoms with E-state index in [1.807, 2.05) is 68.7 Å². The number of aryl methyl sites for hydroxylation is 2. The van der Waals surface area contributed by atoms with Gasteiger partial charge in [-0.2, -0.15) is 0 Å². The van der Waals surface area contributed by atoms with E-state index in [1.54, 1.807) is 11.3 Å². The SMILES string of the molecule is C=C=NC(C)(C)CC(C)(C)C(=O)N1CCN(C(=O)CC2N=C(c3ccc(Cl)cc3)c3c(sc(C)c3C)-n3c(C)nnc32)CC1. The zero-order chi connectivity index (χ0) is 32.0. The predicted molar refractivity (Wildman–Crippen MR) is 177 cm³/mol. The molecule has 232 valence electrons. The summed E-state index contributed by atoms with van der Waals surface area (Å²) >= 11 is 7.91. The number of rotatable bonds is 7. The summed E-state index contributed by atoms with van der Waals surface area (Å²) in [5, 5.41) is 10.6. The minimum absolute atomic E-state index is 0.0209. The topological polar surface area (TPSA) is 96.1 Å². The van der Waals surface area contributed by atoms with Gasteiger partial charge in [0.25, 0.3) is 0 Å². The van der Waals surface area contributed by atoms with Gasteiger partial charge in [-0.15, -0.1) is 21.5 Å². The van der Waals surface area contributed by atoms with Gasteiger partial charge >= 0.3 is 0 Å². The van der Waals surface area contributed by atoms with E-state index in [-0.39, 0.29) is 18.2 Å². The molecule has 0 N–H and O–H groups in total. The number of piperazine rings is 1. The lowest BCUT2D eigenvalue weighted by molar-refractivity contribution is -0.146. The fourth-order valence-corrected chi connectivity index (χ4v) is 7.76. The minimum Gasteiger partial charge on any atom is -0.339 e. The Kier molecular flexibility index (Phi) is 8.73. The molecule has 1 atom stereocenters. The third kappa shape index (κ3) is 6.16. The Morgan fingerprint density at radius 2 is 1.68 bits per heavy atom. The van der Waals surface area contributed by atoms with Crippen molar-refractivity contribution in [3.05, 3.63) is 69.1 Å². The number of nitrogens with zero attached hydrogens (tertiary/aromatic N) is 7. The average Bonchev–Trinajstić information content (AvgIpc) is 3.44. The molecule has 2 aromatic heterocycles. The van der Waals surface area contributed by atoms with Crippen LogP contribution in [0.3, 0.4) is 0 Å². The normalized spacial score (nSPS) is 16.9. The first-order chi connectivity index (χ1) is 20.7. The summed E-state index contributed by atoms with van der Waals surface area (Å²) in [4.78, 5) is 41.7. The van der Waals surface area contributed by atoms with Crippen molar-refractivity contribution in [3.8, 4) is 5.00 Å². The molecule has 0 aliphatic carbocycles. The monoisotopic (exact) mass is 633 g/mol. The second-order valence-electron chi connectivity index (χ2n) is 12.9. The summed E-state index contributed by atoms with van der Waals surface area (Å²) in [6.07, 6.45) is 0.718. The highest BCUT2D eigenvalue weighted by Crippen LogP contribution is 2.40. The van der Waals surface area contributed by atoms with Crippen molar-refractivity contribution in [1.29, 1.82) is 0 Å². The summed E-state index contributed by atoms with van der Waals surface area (Å²) < 4.78 is 2.06. The van der Waals surface area contributed by atoms with E-state index in [9.17, 15) is 9.59 Å². The Labute approximate surface area is 268 Å². The van der Waals surface area contributed by atoms with E-state index in [2.05, 4.69) is 46.1 Å². The number of thiophene rings is 1. The Bertz CT molecular complexity index is 1670. The van der Waals surface area contributed by atoms with E-state index in [0.717, 1.165) is 33.2 Å². The van der Waals surface area contributed by atoms with Crippen molar-refractivity contribution in [2.24, 2.45) is 15.4 Å². The van der Waals surface area contributed by atoms with Gasteiger partial charge in [0.1, 0.15) is 16.9 Å². The maximum Gasteiger partial charge on any atom is 0.228 e. The van der Waals surface area contributed by atoms with Gasteiger partial charge in [-0.25, -0.2) is 4.99 Å². The predicted octanol–water partition coefficient (Wildman–Crippen LogP) is 5.91. The Morgan fingerprint density at radius 1 is 1.05 bits per heavy atom. The number of hydrogen-bond acceptors (Lipinski definition) is 7. The second-order valence-corrected chi connectivity index (χ2v) is 14.6. The molecule has 2 amide bonds. The molecule has 1 aromatic carbocycles. The van der Waals surface area contributed by atoms with E-state index in [1.165, 1.54) is 4.88 Å². The van der Waals surface area contributed by atoms with Crippen molar-refractivity contribution in [3.63, 3.8) is 0 Å². The van der Waals surface area contributed by atoms with Crippen LogP contribution in [0.2, 0.25) is 5.02 Å². The summed E-state index contributed by atoms with van der Waals surface area (Å²) in [6, 6.07) is 7.13. The van der Waals surface area contributed by atoms with E-state index in [0.29, 0.717) is 43.4 Å². The molecule has 11 heteroatoms. The van der Waals surface area contributed by atoms with Crippen LogP contribution in [0.25, 0.3) is 5.00 Å². The number of fused-ring (bicyclic) bond motifs is 3. The van der Waals surface area contributed by atoms with Crippen LogP contribution in [0.1, 0.15) is 79.8 Å². The van der Waals surface area contributed by atoms with Crippen molar-refractivity contribution >= 4 is 46.3 Å². The van der Waals surface area contributed by atoms with Crippen LogP contribution in [0, 0.1) is 26.2 Å². The zero-order valence-corrected chi connectivity index (χ0v) is 28.1. The van der Waals surface area contributed by atoms with Crippen LogP contribution in [0.15, 0.2) is 40.8 Å². The zero-order valence-electron chi connectivity index (χ0n) is 26.6. The van der Waals surface area contributed by atoms with Crippen LogP contribution >= 0.6 is 22.9 Å². The molecule has 0 bridgehead atoms. The molecule has 3 aromatic rings. The molecule has 1 fully saturated rings. The molecular formula is C33H40ClN7O2S. The van der Waals surface area contributed by atoms with Gasteiger partial charge < -0.3 is 9.80 Å². The molecule has 0 spiro atoms. The Hall–Kier alpha value is -3.59. The molecule has 9 nitrogen and oxygen atoms in total. The first kappa shape index (κ1) is 31.8. The Morgan fingerprint density at radius 3 is 2.32 bits per heavy atom. The summed E-state index contributed by atoms with van der Waals surface area (Å²) in [5.74, 6) is 4.07. The highest BCUT2D eigenvalue weighted by atomic mass is 35.5. The second kappa shape index (κ2) is 12.1. The van der Waals surface area contributed by atoms with Gasteiger partial charge in [0.2, 0.25) is 11.8 Å². The fourth-order valence-electron chi connectivity index (χ4n) is 6.42. The Balaban J connectivity index is 1.38. The maximum absolute atomic E-state index is 13.8. The largest absolute Gasteiger partial charge is 0.339 e. The van der Waals surface area contributed by atoms with Gasteiger partial charge in [-0.3, -0.25) is 19.1 Å². The molecule has 2 aliphatic heterocycles.